The summed E-state index contributed by atoms with van der Waals surface area (Å²) in [5, 5.41) is 7.87. The second-order valence-corrected chi connectivity index (χ2v) is 8.83. The van der Waals surface area contributed by atoms with E-state index in [4.69, 9.17) is 4.74 Å². The number of fused-ring (bicyclic) bond motifs is 1. The van der Waals surface area contributed by atoms with Crippen molar-refractivity contribution in [3.05, 3.63) is 58.4 Å². The molecule has 0 bridgehead atoms. The molecular formula is C22H23N5O3S. The Morgan fingerprint density at radius 3 is 2.87 bits per heavy atom. The highest BCUT2D eigenvalue weighted by Gasteiger charge is 2.29. The quantitative estimate of drug-likeness (QED) is 0.678. The van der Waals surface area contributed by atoms with Gasteiger partial charge in [0.1, 0.15) is 6.10 Å². The number of rotatable bonds is 4. The zero-order valence-electron chi connectivity index (χ0n) is 17.2. The van der Waals surface area contributed by atoms with E-state index in [1.165, 1.54) is 11.3 Å². The molecule has 9 heteroatoms. The van der Waals surface area contributed by atoms with Crippen molar-refractivity contribution in [2.45, 2.75) is 38.8 Å². The lowest BCUT2D eigenvalue weighted by molar-refractivity contribution is -0.124. The number of amides is 2. The Balaban J connectivity index is 1.30. The summed E-state index contributed by atoms with van der Waals surface area (Å²) >= 11 is 1.43. The highest BCUT2D eigenvalue weighted by atomic mass is 32.1. The molecule has 1 fully saturated rings. The third-order valence-electron chi connectivity index (χ3n) is 5.71. The van der Waals surface area contributed by atoms with Crippen LogP contribution in [0, 0.1) is 6.92 Å². The zero-order chi connectivity index (χ0) is 21.4. The topological polar surface area (TPSA) is 89.3 Å². The number of carbonyl (C=O) groups excluding carboxylic acids is 2. The van der Waals surface area contributed by atoms with Gasteiger partial charge in [-0.25, -0.2) is 9.67 Å². The number of thiazole rings is 1. The highest BCUT2D eigenvalue weighted by molar-refractivity contribution is 7.15. The molecule has 0 unspecified atom stereocenters. The number of hydrogen-bond acceptors (Lipinski definition) is 6. The standard InChI is InChI=1S/C22H23N5O3S/c1-14-16(12-23-27(14)15-6-3-2-4-7-15)21(29)26-10-9-17-19(13-26)31-22(24-17)25-20(28)18-8-5-11-30-18/h2-4,6-7,12,18H,5,8-11,13H2,1H3,(H,24,25,28)/t18-/m0/s1. The van der Waals surface area contributed by atoms with Gasteiger partial charge in [-0.05, 0) is 31.9 Å². The minimum atomic E-state index is -0.386. The van der Waals surface area contributed by atoms with Crippen LogP contribution in [0.2, 0.25) is 0 Å². The molecule has 0 aliphatic carbocycles. The summed E-state index contributed by atoms with van der Waals surface area (Å²) in [6.07, 6.45) is 3.57. The van der Waals surface area contributed by atoms with Crippen molar-refractivity contribution in [1.29, 1.82) is 0 Å². The van der Waals surface area contributed by atoms with Gasteiger partial charge in [-0.3, -0.25) is 14.9 Å². The van der Waals surface area contributed by atoms with Gasteiger partial charge in [0.15, 0.2) is 5.13 Å². The number of ether oxygens (including phenoxy) is 1. The first-order valence-corrected chi connectivity index (χ1v) is 11.2. The lowest BCUT2D eigenvalue weighted by atomic mass is 10.1. The van der Waals surface area contributed by atoms with Crippen LogP contribution in [0.3, 0.4) is 0 Å². The van der Waals surface area contributed by atoms with Gasteiger partial charge in [0, 0.05) is 24.4 Å². The maximum Gasteiger partial charge on any atom is 0.257 e. The first-order valence-electron chi connectivity index (χ1n) is 10.4. The number of anilines is 1. The molecule has 1 aromatic carbocycles. The molecule has 31 heavy (non-hydrogen) atoms. The molecule has 0 radical (unpaired) electrons. The van der Waals surface area contributed by atoms with E-state index in [1.807, 2.05) is 42.2 Å². The van der Waals surface area contributed by atoms with Crippen LogP contribution in [0.4, 0.5) is 5.13 Å². The summed E-state index contributed by atoms with van der Waals surface area (Å²) in [5.74, 6) is -0.177. The molecule has 2 aromatic heterocycles. The van der Waals surface area contributed by atoms with E-state index < -0.39 is 0 Å². The smallest absolute Gasteiger partial charge is 0.257 e. The maximum absolute atomic E-state index is 13.2. The van der Waals surface area contributed by atoms with Crippen molar-refractivity contribution in [2.24, 2.45) is 0 Å². The molecule has 160 valence electrons. The molecule has 2 amide bonds. The highest BCUT2D eigenvalue weighted by Crippen LogP contribution is 2.30. The molecule has 8 nitrogen and oxygen atoms in total. The number of hydrogen-bond donors (Lipinski definition) is 1. The summed E-state index contributed by atoms with van der Waals surface area (Å²) in [4.78, 5) is 32.9. The van der Waals surface area contributed by atoms with Gasteiger partial charge >= 0.3 is 0 Å². The van der Waals surface area contributed by atoms with E-state index >= 15 is 0 Å². The number of aromatic nitrogens is 3. The van der Waals surface area contributed by atoms with Crippen LogP contribution in [-0.4, -0.2) is 50.7 Å². The van der Waals surface area contributed by atoms with Crippen LogP contribution < -0.4 is 5.32 Å². The molecule has 0 saturated carbocycles. The van der Waals surface area contributed by atoms with E-state index in [-0.39, 0.29) is 17.9 Å². The van der Waals surface area contributed by atoms with Crippen molar-refractivity contribution in [1.82, 2.24) is 19.7 Å². The van der Waals surface area contributed by atoms with E-state index in [2.05, 4.69) is 15.4 Å². The monoisotopic (exact) mass is 437 g/mol. The molecule has 3 aromatic rings. The number of benzene rings is 1. The third-order valence-corrected chi connectivity index (χ3v) is 6.71. The predicted octanol–water partition coefficient (Wildman–Crippen LogP) is 2.95. The molecule has 1 N–H and O–H groups in total. The fourth-order valence-corrected chi connectivity index (χ4v) is 5.04. The van der Waals surface area contributed by atoms with Crippen LogP contribution in [0.1, 0.15) is 39.5 Å². The lowest BCUT2D eigenvalue weighted by Gasteiger charge is -2.26. The first-order chi connectivity index (χ1) is 15.1. The lowest BCUT2D eigenvalue weighted by Crippen LogP contribution is -2.35. The largest absolute Gasteiger partial charge is 0.368 e. The zero-order valence-corrected chi connectivity index (χ0v) is 18.0. The Morgan fingerprint density at radius 1 is 1.26 bits per heavy atom. The number of carbonyl (C=O) groups is 2. The van der Waals surface area contributed by atoms with E-state index in [9.17, 15) is 9.59 Å². The molecule has 2 aliphatic heterocycles. The fourth-order valence-electron chi connectivity index (χ4n) is 4.01. The van der Waals surface area contributed by atoms with Crippen molar-refractivity contribution < 1.29 is 14.3 Å². The Labute approximate surface area is 183 Å². The van der Waals surface area contributed by atoms with Crippen molar-refractivity contribution in [2.75, 3.05) is 18.5 Å². The summed E-state index contributed by atoms with van der Waals surface area (Å²) in [6.45, 7) is 3.61. The van der Waals surface area contributed by atoms with E-state index in [1.54, 1.807) is 10.9 Å². The predicted molar refractivity (Wildman–Crippen MR) is 116 cm³/mol. The van der Waals surface area contributed by atoms with Crippen molar-refractivity contribution in [3.8, 4) is 5.69 Å². The molecule has 1 atom stereocenters. The average Bonchev–Trinajstić information content (AvgIpc) is 3.53. The minimum absolute atomic E-state index is 0.0383. The first kappa shape index (κ1) is 19.9. The Hall–Kier alpha value is -3.04. The van der Waals surface area contributed by atoms with Gasteiger partial charge in [0.05, 0.1) is 35.4 Å². The van der Waals surface area contributed by atoms with Crippen LogP contribution in [0.15, 0.2) is 36.5 Å². The van der Waals surface area contributed by atoms with Crippen LogP contribution in [0.25, 0.3) is 5.69 Å². The van der Waals surface area contributed by atoms with Crippen LogP contribution in [0.5, 0.6) is 0 Å². The van der Waals surface area contributed by atoms with Crippen LogP contribution in [-0.2, 0) is 22.5 Å². The summed E-state index contributed by atoms with van der Waals surface area (Å²) in [5.41, 5.74) is 3.29. The SMILES string of the molecule is Cc1c(C(=O)N2CCc3nc(NC(=O)[C@@H]4CCCO4)sc3C2)cnn1-c1ccccc1. The molecule has 5 rings (SSSR count). The van der Waals surface area contributed by atoms with E-state index in [0.29, 0.717) is 36.8 Å². The molecule has 2 aliphatic rings. The maximum atomic E-state index is 13.2. The Kier molecular flexibility index (Phi) is 5.29. The summed E-state index contributed by atoms with van der Waals surface area (Å²) in [6, 6.07) is 9.77. The average molecular weight is 438 g/mol. The summed E-state index contributed by atoms with van der Waals surface area (Å²) < 4.78 is 7.22. The second-order valence-electron chi connectivity index (χ2n) is 7.75. The van der Waals surface area contributed by atoms with E-state index in [0.717, 1.165) is 34.8 Å². The fraction of sp³-hybridized carbons (Fsp3) is 0.364. The molecule has 4 heterocycles. The van der Waals surface area contributed by atoms with Crippen molar-refractivity contribution >= 4 is 28.3 Å². The second kappa shape index (κ2) is 8.24. The van der Waals surface area contributed by atoms with Gasteiger partial charge < -0.3 is 9.64 Å². The van der Waals surface area contributed by atoms with Crippen LogP contribution >= 0.6 is 11.3 Å². The molecule has 1 saturated heterocycles. The Bertz CT molecular complexity index is 1120. The summed E-state index contributed by atoms with van der Waals surface area (Å²) in [7, 11) is 0. The molecule has 0 spiro atoms. The van der Waals surface area contributed by atoms with Crippen molar-refractivity contribution in [3.63, 3.8) is 0 Å². The van der Waals surface area contributed by atoms with Gasteiger partial charge in [-0.15, -0.1) is 0 Å². The third kappa shape index (κ3) is 3.86. The Morgan fingerprint density at radius 2 is 2.10 bits per heavy atom. The van der Waals surface area contributed by atoms with Gasteiger partial charge in [0.2, 0.25) is 0 Å². The normalized spacial score (nSPS) is 18.1. The number of nitrogens with zero attached hydrogens (tertiary/aromatic N) is 4. The number of nitrogens with one attached hydrogen (secondary N) is 1. The van der Waals surface area contributed by atoms with Gasteiger partial charge in [-0.2, -0.15) is 5.10 Å². The molecular weight excluding hydrogens is 414 g/mol. The number of para-hydroxylation sites is 1. The van der Waals surface area contributed by atoms with Gasteiger partial charge in [0.25, 0.3) is 11.8 Å². The minimum Gasteiger partial charge on any atom is -0.368 e. The van der Waals surface area contributed by atoms with Gasteiger partial charge in [-0.1, -0.05) is 29.5 Å².